The summed E-state index contributed by atoms with van der Waals surface area (Å²) in [6.07, 6.45) is 0.926. The summed E-state index contributed by atoms with van der Waals surface area (Å²) in [5.41, 5.74) is 4.94. The number of hydrogen-bond acceptors (Lipinski definition) is 1. The Balaban J connectivity index is 2.06. The van der Waals surface area contributed by atoms with E-state index in [0.29, 0.717) is 0 Å². The molecule has 0 amide bonds. The first-order valence-electron chi connectivity index (χ1n) is 6.98. The number of benzene rings is 2. The minimum Gasteiger partial charge on any atom is -0.306 e. The summed E-state index contributed by atoms with van der Waals surface area (Å²) in [5.74, 6) is 6.55. The minimum absolute atomic E-state index is 0.180. The highest BCUT2D eigenvalue weighted by molar-refractivity contribution is 5.37. The summed E-state index contributed by atoms with van der Waals surface area (Å²) in [5, 5.41) is 3.27. The Kier molecular flexibility index (Phi) is 4.98. The van der Waals surface area contributed by atoms with Gasteiger partial charge in [0.05, 0.1) is 6.04 Å². The van der Waals surface area contributed by atoms with Crippen molar-refractivity contribution in [1.82, 2.24) is 5.32 Å². The molecule has 1 nitrogen and oxygen atoms in total. The second-order valence-corrected chi connectivity index (χ2v) is 5.17. The minimum atomic E-state index is 0.180. The van der Waals surface area contributed by atoms with Crippen molar-refractivity contribution >= 4 is 0 Å². The van der Waals surface area contributed by atoms with Crippen molar-refractivity contribution in [3.05, 3.63) is 70.8 Å². The standard InChI is InChI=1S/C19H21N/c1-15-4-8-17(9-5-15)12-13-19(20-3)14-18-10-6-16(2)7-11-18/h4-11,19-20H,14H2,1-3H3. The third kappa shape index (κ3) is 4.26. The first kappa shape index (κ1) is 14.4. The zero-order chi connectivity index (χ0) is 14.4. The molecule has 1 heteroatoms. The lowest BCUT2D eigenvalue weighted by molar-refractivity contribution is 0.683. The predicted octanol–water partition coefficient (Wildman–Crippen LogP) is 3.49. The van der Waals surface area contributed by atoms with Gasteiger partial charge in [-0.25, -0.2) is 0 Å². The zero-order valence-corrected chi connectivity index (χ0v) is 12.4. The topological polar surface area (TPSA) is 12.0 Å². The molecular formula is C19H21N. The molecule has 1 atom stereocenters. The molecule has 0 aliphatic rings. The van der Waals surface area contributed by atoms with Gasteiger partial charge < -0.3 is 5.32 Å². The number of nitrogens with one attached hydrogen (secondary N) is 1. The van der Waals surface area contributed by atoms with Gasteiger partial charge in [0, 0.05) is 5.56 Å². The SMILES string of the molecule is CNC(C#Cc1ccc(C)cc1)Cc1ccc(C)cc1. The van der Waals surface area contributed by atoms with Crippen molar-refractivity contribution in [2.75, 3.05) is 7.05 Å². The van der Waals surface area contributed by atoms with Gasteiger partial charge in [-0.1, -0.05) is 59.4 Å². The summed E-state index contributed by atoms with van der Waals surface area (Å²) >= 11 is 0. The molecule has 0 bridgehead atoms. The van der Waals surface area contributed by atoms with E-state index in [0.717, 1.165) is 12.0 Å². The molecule has 0 aliphatic heterocycles. The average Bonchev–Trinajstić information content (AvgIpc) is 2.47. The second kappa shape index (κ2) is 6.93. The van der Waals surface area contributed by atoms with Crippen molar-refractivity contribution in [1.29, 1.82) is 0 Å². The van der Waals surface area contributed by atoms with Gasteiger partial charge in [0.15, 0.2) is 0 Å². The highest BCUT2D eigenvalue weighted by Crippen LogP contribution is 2.06. The molecule has 20 heavy (non-hydrogen) atoms. The Morgan fingerprint density at radius 2 is 1.45 bits per heavy atom. The van der Waals surface area contributed by atoms with Crippen LogP contribution in [0.4, 0.5) is 0 Å². The molecule has 0 saturated carbocycles. The molecule has 0 heterocycles. The highest BCUT2D eigenvalue weighted by Gasteiger charge is 2.03. The fourth-order valence-electron chi connectivity index (χ4n) is 1.99. The maximum absolute atomic E-state index is 3.31. The van der Waals surface area contributed by atoms with Crippen LogP contribution in [-0.4, -0.2) is 13.1 Å². The van der Waals surface area contributed by atoms with Crippen molar-refractivity contribution in [2.24, 2.45) is 0 Å². The van der Waals surface area contributed by atoms with E-state index in [2.05, 4.69) is 79.5 Å². The Hall–Kier alpha value is -2.04. The van der Waals surface area contributed by atoms with Gasteiger partial charge >= 0.3 is 0 Å². The molecule has 0 aliphatic carbocycles. The van der Waals surface area contributed by atoms with Crippen molar-refractivity contribution < 1.29 is 0 Å². The van der Waals surface area contributed by atoms with Gasteiger partial charge in [0.25, 0.3) is 0 Å². The smallest absolute Gasteiger partial charge is 0.0731 e. The molecule has 0 saturated heterocycles. The second-order valence-electron chi connectivity index (χ2n) is 5.17. The summed E-state index contributed by atoms with van der Waals surface area (Å²) in [4.78, 5) is 0. The molecule has 2 rings (SSSR count). The predicted molar refractivity (Wildman–Crippen MR) is 85.8 cm³/mol. The Labute approximate surface area is 122 Å². The van der Waals surface area contributed by atoms with Crippen LogP contribution in [-0.2, 0) is 6.42 Å². The van der Waals surface area contributed by atoms with Gasteiger partial charge in [-0.05, 0) is 45.0 Å². The van der Waals surface area contributed by atoms with Crippen molar-refractivity contribution in [3.63, 3.8) is 0 Å². The van der Waals surface area contributed by atoms with Crippen molar-refractivity contribution in [3.8, 4) is 11.8 Å². The van der Waals surface area contributed by atoms with Crippen LogP contribution in [0.1, 0.15) is 22.3 Å². The Morgan fingerprint density at radius 1 is 0.900 bits per heavy atom. The Morgan fingerprint density at radius 3 is 2.00 bits per heavy atom. The quantitative estimate of drug-likeness (QED) is 0.836. The van der Waals surface area contributed by atoms with Crippen molar-refractivity contribution in [2.45, 2.75) is 26.3 Å². The number of rotatable bonds is 3. The van der Waals surface area contributed by atoms with E-state index in [9.17, 15) is 0 Å². The van der Waals surface area contributed by atoms with Crippen LogP contribution in [0.15, 0.2) is 48.5 Å². The maximum Gasteiger partial charge on any atom is 0.0731 e. The average molecular weight is 263 g/mol. The Bertz CT molecular complexity index is 597. The third-order valence-corrected chi connectivity index (χ3v) is 3.35. The molecule has 2 aromatic rings. The van der Waals surface area contributed by atoms with Gasteiger partial charge in [-0.15, -0.1) is 0 Å². The molecule has 0 spiro atoms. The summed E-state index contributed by atoms with van der Waals surface area (Å²) in [6, 6.07) is 17.2. The van der Waals surface area contributed by atoms with Crippen LogP contribution in [0.2, 0.25) is 0 Å². The van der Waals surface area contributed by atoms with Crippen LogP contribution >= 0.6 is 0 Å². The fraction of sp³-hybridized carbons (Fsp3) is 0.263. The lowest BCUT2D eigenvalue weighted by atomic mass is 10.0. The largest absolute Gasteiger partial charge is 0.306 e. The summed E-state index contributed by atoms with van der Waals surface area (Å²) in [6.45, 7) is 4.20. The number of aryl methyl sites for hydroxylation is 2. The van der Waals surface area contributed by atoms with E-state index in [4.69, 9.17) is 0 Å². The molecule has 1 unspecified atom stereocenters. The van der Waals surface area contributed by atoms with E-state index in [1.165, 1.54) is 16.7 Å². The lowest BCUT2D eigenvalue weighted by Gasteiger charge is -2.09. The summed E-state index contributed by atoms with van der Waals surface area (Å²) in [7, 11) is 1.96. The van der Waals surface area contributed by atoms with Crippen LogP contribution in [0.5, 0.6) is 0 Å². The first-order chi connectivity index (χ1) is 9.67. The van der Waals surface area contributed by atoms with E-state index >= 15 is 0 Å². The van der Waals surface area contributed by atoms with Crippen LogP contribution in [0.25, 0.3) is 0 Å². The van der Waals surface area contributed by atoms with Gasteiger partial charge in [-0.3, -0.25) is 0 Å². The third-order valence-electron chi connectivity index (χ3n) is 3.35. The van der Waals surface area contributed by atoms with E-state index in [1.54, 1.807) is 0 Å². The molecule has 0 radical (unpaired) electrons. The maximum atomic E-state index is 3.31. The normalized spacial score (nSPS) is 11.6. The molecule has 2 aromatic carbocycles. The van der Waals surface area contributed by atoms with Crippen LogP contribution in [0.3, 0.4) is 0 Å². The first-order valence-corrected chi connectivity index (χ1v) is 6.98. The number of hydrogen-bond donors (Lipinski definition) is 1. The summed E-state index contributed by atoms with van der Waals surface area (Å²) < 4.78 is 0. The van der Waals surface area contributed by atoms with Crippen LogP contribution < -0.4 is 5.32 Å². The zero-order valence-electron chi connectivity index (χ0n) is 12.4. The highest BCUT2D eigenvalue weighted by atomic mass is 14.8. The lowest BCUT2D eigenvalue weighted by Crippen LogP contribution is -2.25. The molecule has 0 aromatic heterocycles. The van der Waals surface area contributed by atoms with Gasteiger partial charge in [0.2, 0.25) is 0 Å². The van der Waals surface area contributed by atoms with Gasteiger partial charge in [0.1, 0.15) is 0 Å². The van der Waals surface area contributed by atoms with E-state index < -0.39 is 0 Å². The molecular weight excluding hydrogens is 242 g/mol. The van der Waals surface area contributed by atoms with E-state index in [1.807, 2.05) is 7.05 Å². The molecule has 0 fully saturated rings. The van der Waals surface area contributed by atoms with E-state index in [-0.39, 0.29) is 6.04 Å². The monoisotopic (exact) mass is 263 g/mol. The molecule has 1 N–H and O–H groups in total. The number of likely N-dealkylation sites (N-methyl/N-ethyl adjacent to an activating group) is 1. The fourth-order valence-corrected chi connectivity index (χ4v) is 1.99. The van der Waals surface area contributed by atoms with Gasteiger partial charge in [-0.2, -0.15) is 0 Å². The van der Waals surface area contributed by atoms with Crippen LogP contribution in [0, 0.1) is 25.7 Å². The molecule has 102 valence electrons.